The molecule has 0 radical (unpaired) electrons. The van der Waals surface area contributed by atoms with Gasteiger partial charge in [-0.25, -0.2) is 0 Å². The van der Waals surface area contributed by atoms with Gasteiger partial charge in [0.1, 0.15) is 5.75 Å². The molecule has 36 heavy (non-hydrogen) atoms. The van der Waals surface area contributed by atoms with Crippen molar-refractivity contribution < 1.29 is 27.5 Å². The smallest absolute Gasteiger partial charge is 0.416 e. The number of alkyl halides is 3. The minimum atomic E-state index is -4.52. The number of nitrogens with one attached hydrogen (secondary N) is 2. The van der Waals surface area contributed by atoms with Crippen molar-refractivity contribution in [1.29, 1.82) is 0 Å². The van der Waals surface area contributed by atoms with Gasteiger partial charge in [-0.3, -0.25) is 9.59 Å². The third kappa shape index (κ3) is 6.50. The Labute approximate surface area is 205 Å². The van der Waals surface area contributed by atoms with Crippen molar-refractivity contribution >= 4 is 23.2 Å². The van der Waals surface area contributed by atoms with E-state index in [1.54, 1.807) is 24.3 Å². The molecule has 0 saturated heterocycles. The molecule has 0 aliphatic carbocycles. The first-order valence-corrected chi connectivity index (χ1v) is 10.9. The molecule has 0 spiro atoms. The molecule has 0 atom stereocenters. The molecular formula is C28H21F3N2O3. The quantitative estimate of drug-likeness (QED) is 0.305. The number of hydrogen-bond acceptors (Lipinski definition) is 3. The highest BCUT2D eigenvalue weighted by molar-refractivity contribution is 6.05. The summed E-state index contributed by atoms with van der Waals surface area (Å²) in [6.45, 7) is -0.245. The Morgan fingerprint density at radius 3 is 2.03 bits per heavy atom. The van der Waals surface area contributed by atoms with E-state index < -0.39 is 23.6 Å². The molecule has 4 aromatic rings. The second-order valence-corrected chi connectivity index (χ2v) is 7.84. The fourth-order valence-corrected chi connectivity index (χ4v) is 3.43. The number of halogens is 3. The van der Waals surface area contributed by atoms with Gasteiger partial charge in [0, 0.05) is 16.9 Å². The van der Waals surface area contributed by atoms with Crippen LogP contribution < -0.4 is 15.4 Å². The Kier molecular flexibility index (Phi) is 7.34. The summed E-state index contributed by atoms with van der Waals surface area (Å²) in [6.07, 6.45) is -4.52. The SMILES string of the molecule is O=C(COc1ccc(-c2ccccc2)cc1)Nc1cccc(C(=O)Nc2cccc(C(F)(F)F)c2)c1. The van der Waals surface area contributed by atoms with Crippen LogP contribution in [-0.4, -0.2) is 18.4 Å². The highest BCUT2D eigenvalue weighted by Gasteiger charge is 2.30. The molecule has 0 fully saturated rings. The van der Waals surface area contributed by atoms with E-state index >= 15 is 0 Å². The maximum absolute atomic E-state index is 12.9. The lowest BCUT2D eigenvalue weighted by atomic mass is 10.1. The number of anilines is 2. The summed E-state index contributed by atoms with van der Waals surface area (Å²) in [4.78, 5) is 24.9. The molecule has 4 rings (SSSR count). The molecule has 2 amide bonds. The fourth-order valence-electron chi connectivity index (χ4n) is 3.43. The average molecular weight is 490 g/mol. The lowest BCUT2D eigenvalue weighted by Gasteiger charge is -2.11. The summed E-state index contributed by atoms with van der Waals surface area (Å²) in [6, 6.07) is 27.6. The average Bonchev–Trinajstić information content (AvgIpc) is 2.88. The van der Waals surface area contributed by atoms with Crippen molar-refractivity contribution in [2.45, 2.75) is 6.18 Å². The zero-order valence-corrected chi connectivity index (χ0v) is 18.9. The van der Waals surface area contributed by atoms with Crippen LogP contribution in [0, 0.1) is 0 Å². The number of amides is 2. The summed E-state index contributed by atoms with van der Waals surface area (Å²) >= 11 is 0. The molecule has 4 aromatic carbocycles. The normalized spacial score (nSPS) is 11.0. The molecule has 0 aliphatic heterocycles. The lowest BCUT2D eigenvalue weighted by Crippen LogP contribution is -2.20. The Hall–Kier alpha value is -4.59. The van der Waals surface area contributed by atoms with Gasteiger partial charge in [-0.1, -0.05) is 54.6 Å². The van der Waals surface area contributed by atoms with Crippen molar-refractivity contribution in [2.24, 2.45) is 0 Å². The third-order valence-electron chi connectivity index (χ3n) is 5.19. The highest BCUT2D eigenvalue weighted by atomic mass is 19.4. The molecule has 0 aromatic heterocycles. The maximum Gasteiger partial charge on any atom is 0.416 e. The first kappa shape index (κ1) is 24.5. The zero-order chi connectivity index (χ0) is 25.5. The van der Waals surface area contributed by atoms with Gasteiger partial charge >= 0.3 is 6.18 Å². The first-order chi connectivity index (χ1) is 17.3. The van der Waals surface area contributed by atoms with Gasteiger partial charge in [0.2, 0.25) is 0 Å². The van der Waals surface area contributed by atoms with Crippen molar-refractivity contribution in [2.75, 3.05) is 17.2 Å². The summed E-state index contributed by atoms with van der Waals surface area (Å²) in [5.41, 5.74) is 1.75. The molecule has 8 heteroatoms. The number of ether oxygens (including phenoxy) is 1. The Balaban J connectivity index is 1.33. The van der Waals surface area contributed by atoms with Gasteiger partial charge in [0.25, 0.3) is 11.8 Å². The monoisotopic (exact) mass is 490 g/mol. The van der Waals surface area contributed by atoms with Crippen LogP contribution >= 0.6 is 0 Å². The van der Waals surface area contributed by atoms with E-state index in [-0.39, 0.29) is 17.9 Å². The molecule has 0 aliphatic rings. The second-order valence-electron chi connectivity index (χ2n) is 7.84. The number of rotatable bonds is 7. The Morgan fingerprint density at radius 1 is 0.694 bits per heavy atom. The molecule has 0 unspecified atom stereocenters. The minimum absolute atomic E-state index is 0.0101. The Bertz CT molecular complexity index is 1350. The third-order valence-corrected chi connectivity index (χ3v) is 5.19. The molecular weight excluding hydrogens is 469 g/mol. The lowest BCUT2D eigenvalue weighted by molar-refractivity contribution is -0.137. The van der Waals surface area contributed by atoms with Crippen LogP contribution in [-0.2, 0) is 11.0 Å². The summed E-state index contributed by atoms with van der Waals surface area (Å²) < 4.78 is 44.2. The van der Waals surface area contributed by atoms with E-state index in [2.05, 4.69) is 10.6 Å². The number of benzene rings is 4. The van der Waals surface area contributed by atoms with Crippen LogP contribution in [0.5, 0.6) is 5.75 Å². The van der Waals surface area contributed by atoms with Crippen LogP contribution in [0.4, 0.5) is 24.5 Å². The van der Waals surface area contributed by atoms with Crippen LogP contribution in [0.1, 0.15) is 15.9 Å². The minimum Gasteiger partial charge on any atom is -0.484 e. The van der Waals surface area contributed by atoms with E-state index in [9.17, 15) is 22.8 Å². The fraction of sp³-hybridized carbons (Fsp3) is 0.0714. The van der Waals surface area contributed by atoms with Crippen molar-refractivity contribution in [3.05, 3.63) is 114 Å². The summed E-state index contributed by atoms with van der Waals surface area (Å²) in [5.74, 6) is -0.517. The molecule has 0 heterocycles. The largest absolute Gasteiger partial charge is 0.484 e. The highest BCUT2D eigenvalue weighted by Crippen LogP contribution is 2.30. The van der Waals surface area contributed by atoms with E-state index in [4.69, 9.17) is 4.74 Å². The molecule has 0 saturated carbocycles. The summed E-state index contributed by atoms with van der Waals surface area (Å²) in [7, 11) is 0. The van der Waals surface area contributed by atoms with E-state index in [0.29, 0.717) is 11.4 Å². The van der Waals surface area contributed by atoms with Gasteiger partial charge in [-0.15, -0.1) is 0 Å². The van der Waals surface area contributed by atoms with Crippen molar-refractivity contribution in [3.63, 3.8) is 0 Å². The molecule has 0 bridgehead atoms. The van der Waals surface area contributed by atoms with E-state index in [0.717, 1.165) is 23.3 Å². The topological polar surface area (TPSA) is 67.4 Å². The molecule has 5 nitrogen and oxygen atoms in total. The Morgan fingerprint density at radius 2 is 1.33 bits per heavy atom. The zero-order valence-electron chi connectivity index (χ0n) is 18.9. The van der Waals surface area contributed by atoms with Gasteiger partial charge in [0.05, 0.1) is 5.56 Å². The van der Waals surface area contributed by atoms with Crippen LogP contribution in [0.2, 0.25) is 0 Å². The molecule has 182 valence electrons. The van der Waals surface area contributed by atoms with Crippen LogP contribution in [0.25, 0.3) is 11.1 Å². The number of carbonyl (C=O) groups is 2. The van der Waals surface area contributed by atoms with Crippen molar-refractivity contribution in [1.82, 2.24) is 0 Å². The number of carbonyl (C=O) groups excluding carboxylic acids is 2. The summed E-state index contributed by atoms with van der Waals surface area (Å²) in [5, 5.41) is 5.08. The standard InChI is InChI=1S/C28H21F3N2O3/c29-28(30,31)22-9-5-11-24(17-22)33-27(35)21-8-4-10-23(16-21)32-26(34)18-36-25-14-12-20(13-15-25)19-6-2-1-3-7-19/h1-17H,18H2,(H,32,34)(H,33,35). The number of hydrogen-bond donors (Lipinski definition) is 2. The van der Waals surface area contributed by atoms with E-state index in [1.807, 2.05) is 42.5 Å². The predicted molar refractivity (Wildman–Crippen MR) is 132 cm³/mol. The van der Waals surface area contributed by atoms with Crippen LogP contribution in [0.15, 0.2) is 103 Å². The van der Waals surface area contributed by atoms with Gasteiger partial charge in [-0.05, 0) is 59.7 Å². The first-order valence-electron chi connectivity index (χ1n) is 10.9. The second kappa shape index (κ2) is 10.8. The predicted octanol–water partition coefficient (Wildman–Crippen LogP) is 6.64. The van der Waals surface area contributed by atoms with Gasteiger partial charge in [0.15, 0.2) is 6.61 Å². The van der Waals surface area contributed by atoms with Gasteiger partial charge in [-0.2, -0.15) is 13.2 Å². The molecule has 2 N–H and O–H groups in total. The van der Waals surface area contributed by atoms with Gasteiger partial charge < -0.3 is 15.4 Å². The van der Waals surface area contributed by atoms with E-state index in [1.165, 1.54) is 24.3 Å². The van der Waals surface area contributed by atoms with Crippen molar-refractivity contribution in [3.8, 4) is 16.9 Å². The maximum atomic E-state index is 12.9. The van der Waals surface area contributed by atoms with Crippen LogP contribution in [0.3, 0.4) is 0 Å².